The van der Waals surface area contributed by atoms with Crippen LogP contribution in [0.2, 0.25) is 0 Å². The Balaban J connectivity index is 2.36. The Morgan fingerprint density at radius 3 is 2.37 bits per heavy atom. The molecule has 2 aromatic rings. The second kappa shape index (κ2) is 5.43. The molecule has 0 aliphatic heterocycles. The number of hydrogen-bond donors (Lipinski definition) is 2. The lowest BCUT2D eigenvalue weighted by molar-refractivity contribution is 0.448. The van der Waals surface area contributed by atoms with Gasteiger partial charge in [0.25, 0.3) is 0 Å². The average Bonchev–Trinajstić information content (AvgIpc) is 2.38. The van der Waals surface area contributed by atoms with Gasteiger partial charge in [0.2, 0.25) is 5.95 Å². The summed E-state index contributed by atoms with van der Waals surface area (Å²) in [6.45, 7) is 0. The molecule has 0 amide bonds. The fourth-order valence-corrected chi connectivity index (χ4v) is 1.63. The molecule has 1 heterocycles. The van der Waals surface area contributed by atoms with E-state index in [1.807, 2.05) is 0 Å². The zero-order valence-electron chi connectivity index (χ0n) is 9.64. The highest BCUT2D eigenvalue weighted by Gasteiger charge is 2.12. The predicted molar refractivity (Wildman–Crippen MR) is 68.9 cm³/mol. The van der Waals surface area contributed by atoms with Crippen molar-refractivity contribution >= 4 is 33.4 Å². The van der Waals surface area contributed by atoms with E-state index < -0.39 is 17.5 Å². The lowest BCUT2D eigenvalue weighted by Gasteiger charge is -2.09. The second-order valence-corrected chi connectivity index (χ2v) is 4.37. The van der Waals surface area contributed by atoms with Gasteiger partial charge in [-0.1, -0.05) is 0 Å². The molecule has 0 aliphatic rings. The summed E-state index contributed by atoms with van der Waals surface area (Å²) >= 11 is 3.19. The molecule has 0 unspecified atom stereocenters. The molecule has 0 atom stereocenters. The monoisotopic (exact) mass is 332 g/mol. The van der Waals surface area contributed by atoms with Gasteiger partial charge in [0, 0.05) is 31.1 Å². The first-order chi connectivity index (χ1) is 9.01. The zero-order valence-corrected chi connectivity index (χ0v) is 11.2. The molecule has 19 heavy (non-hydrogen) atoms. The molecule has 0 bridgehead atoms. The van der Waals surface area contributed by atoms with Crippen LogP contribution in [0.25, 0.3) is 0 Å². The molecule has 100 valence electrons. The van der Waals surface area contributed by atoms with E-state index in [4.69, 9.17) is 0 Å². The van der Waals surface area contributed by atoms with Crippen molar-refractivity contribution in [3.8, 4) is 0 Å². The summed E-state index contributed by atoms with van der Waals surface area (Å²) in [7, 11) is 1.63. The highest BCUT2D eigenvalue weighted by atomic mass is 79.9. The first-order valence-electron chi connectivity index (χ1n) is 5.13. The quantitative estimate of drug-likeness (QED) is 0.845. The van der Waals surface area contributed by atoms with Crippen LogP contribution >= 0.6 is 15.9 Å². The molecule has 1 aromatic carbocycles. The van der Waals surface area contributed by atoms with Crippen LogP contribution in [0.1, 0.15) is 0 Å². The lowest BCUT2D eigenvalue weighted by atomic mass is 10.3. The normalized spacial score (nSPS) is 10.4. The second-order valence-electron chi connectivity index (χ2n) is 3.52. The van der Waals surface area contributed by atoms with E-state index in [1.54, 1.807) is 7.05 Å². The Kier molecular flexibility index (Phi) is 3.89. The highest BCUT2D eigenvalue weighted by Crippen LogP contribution is 2.25. The Morgan fingerprint density at radius 1 is 1.16 bits per heavy atom. The molecule has 0 spiro atoms. The maximum Gasteiger partial charge on any atom is 0.224 e. The first kappa shape index (κ1) is 13.6. The van der Waals surface area contributed by atoms with Crippen LogP contribution in [0.3, 0.4) is 0 Å². The van der Waals surface area contributed by atoms with E-state index in [0.29, 0.717) is 16.2 Å². The van der Waals surface area contributed by atoms with Gasteiger partial charge in [0.1, 0.15) is 5.82 Å². The minimum Gasteiger partial charge on any atom is -0.357 e. The van der Waals surface area contributed by atoms with Crippen molar-refractivity contribution in [2.24, 2.45) is 0 Å². The van der Waals surface area contributed by atoms with Gasteiger partial charge in [-0.25, -0.2) is 18.2 Å². The lowest BCUT2D eigenvalue weighted by Crippen LogP contribution is -2.02. The largest absolute Gasteiger partial charge is 0.357 e. The summed E-state index contributed by atoms with van der Waals surface area (Å²) in [4.78, 5) is 7.98. The molecule has 1 aromatic heterocycles. The van der Waals surface area contributed by atoms with Gasteiger partial charge in [-0.2, -0.15) is 4.98 Å². The number of halogens is 4. The number of aromatic nitrogens is 2. The number of benzene rings is 1. The van der Waals surface area contributed by atoms with E-state index >= 15 is 0 Å². The van der Waals surface area contributed by atoms with Crippen LogP contribution in [0.15, 0.2) is 22.8 Å². The van der Waals surface area contributed by atoms with Crippen molar-refractivity contribution in [3.05, 3.63) is 40.3 Å². The van der Waals surface area contributed by atoms with Crippen LogP contribution in [-0.4, -0.2) is 17.0 Å². The summed E-state index contributed by atoms with van der Waals surface area (Å²) < 4.78 is 39.5. The van der Waals surface area contributed by atoms with E-state index in [-0.39, 0.29) is 5.69 Å². The fourth-order valence-electron chi connectivity index (χ4n) is 1.34. The van der Waals surface area contributed by atoms with Gasteiger partial charge in [-0.15, -0.1) is 0 Å². The summed E-state index contributed by atoms with van der Waals surface area (Å²) in [5.41, 5.74) is 0.0397. The third kappa shape index (κ3) is 2.95. The third-order valence-corrected chi connectivity index (χ3v) is 2.79. The van der Waals surface area contributed by atoms with Crippen molar-refractivity contribution in [1.29, 1.82) is 0 Å². The van der Waals surface area contributed by atoms with Crippen LogP contribution in [0.4, 0.5) is 30.6 Å². The van der Waals surface area contributed by atoms with E-state index in [0.717, 1.165) is 12.1 Å². The molecule has 8 heteroatoms. The molecule has 0 aliphatic carbocycles. The Morgan fingerprint density at radius 2 is 1.79 bits per heavy atom. The Bertz CT molecular complexity index is 598. The summed E-state index contributed by atoms with van der Waals surface area (Å²) in [6.07, 6.45) is 1.47. The van der Waals surface area contributed by atoms with Crippen molar-refractivity contribution in [3.63, 3.8) is 0 Å². The van der Waals surface area contributed by atoms with Gasteiger partial charge in [-0.3, -0.25) is 0 Å². The van der Waals surface area contributed by atoms with Gasteiger partial charge < -0.3 is 10.6 Å². The van der Waals surface area contributed by atoms with Crippen LogP contribution in [0, 0.1) is 17.5 Å². The zero-order chi connectivity index (χ0) is 14.0. The van der Waals surface area contributed by atoms with E-state index in [9.17, 15) is 13.2 Å². The number of rotatable bonds is 3. The van der Waals surface area contributed by atoms with E-state index in [1.165, 1.54) is 6.20 Å². The molecule has 4 nitrogen and oxygen atoms in total. The van der Waals surface area contributed by atoms with Crippen LogP contribution in [-0.2, 0) is 0 Å². The standard InChI is InChI=1S/C11H8BrF3N4/c1-16-11-17-4-6(12)10(19-11)18-5-2-7(13)9(15)8(14)3-5/h2-4H,1H3,(H2,16,17,18,19). The number of hydrogen-bond acceptors (Lipinski definition) is 4. The predicted octanol–water partition coefficient (Wildman–Crippen LogP) is 3.44. The maximum absolute atomic E-state index is 13.1. The molecule has 2 rings (SSSR count). The van der Waals surface area contributed by atoms with Gasteiger partial charge in [0.15, 0.2) is 17.5 Å². The maximum atomic E-state index is 13.1. The number of nitrogens with one attached hydrogen (secondary N) is 2. The molecule has 2 N–H and O–H groups in total. The van der Waals surface area contributed by atoms with Crippen molar-refractivity contribution in [2.45, 2.75) is 0 Å². The minimum atomic E-state index is -1.51. The molecule has 0 saturated carbocycles. The summed E-state index contributed by atoms with van der Waals surface area (Å²) in [5, 5.41) is 5.39. The van der Waals surface area contributed by atoms with Crippen LogP contribution < -0.4 is 10.6 Å². The number of anilines is 3. The molecule has 0 saturated heterocycles. The van der Waals surface area contributed by atoms with Gasteiger partial charge in [-0.05, 0) is 15.9 Å². The van der Waals surface area contributed by atoms with Gasteiger partial charge in [0.05, 0.1) is 4.47 Å². The van der Waals surface area contributed by atoms with Crippen molar-refractivity contribution < 1.29 is 13.2 Å². The average molecular weight is 333 g/mol. The SMILES string of the molecule is CNc1ncc(Br)c(Nc2cc(F)c(F)c(F)c2)n1. The Labute approximate surface area is 115 Å². The highest BCUT2D eigenvalue weighted by molar-refractivity contribution is 9.10. The third-order valence-electron chi connectivity index (χ3n) is 2.21. The topological polar surface area (TPSA) is 49.8 Å². The molecular weight excluding hydrogens is 325 g/mol. The van der Waals surface area contributed by atoms with Crippen LogP contribution in [0.5, 0.6) is 0 Å². The first-order valence-corrected chi connectivity index (χ1v) is 5.92. The summed E-state index contributed by atoms with van der Waals surface area (Å²) in [6, 6.07) is 1.68. The van der Waals surface area contributed by atoms with Gasteiger partial charge >= 0.3 is 0 Å². The molecular formula is C11H8BrF3N4. The minimum absolute atomic E-state index is 0.0397. The number of nitrogens with zero attached hydrogens (tertiary/aromatic N) is 2. The van der Waals surface area contributed by atoms with Crippen molar-refractivity contribution in [2.75, 3.05) is 17.7 Å². The van der Waals surface area contributed by atoms with Crippen molar-refractivity contribution in [1.82, 2.24) is 9.97 Å². The van der Waals surface area contributed by atoms with E-state index in [2.05, 4.69) is 36.5 Å². The fraction of sp³-hybridized carbons (Fsp3) is 0.0909. The summed E-state index contributed by atoms with van der Waals surface area (Å²) in [5.74, 6) is -3.44. The smallest absolute Gasteiger partial charge is 0.224 e. The molecule has 0 radical (unpaired) electrons. The Hall–Kier alpha value is -1.83. The molecule has 0 fully saturated rings.